The maximum atomic E-state index is 12.1. The van der Waals surface area contributed by atoms with Crippen LogP contribution >= 0.6 is 0 Å². The van der Waals surface area contributed by atoms with Crippen LogP contribution in [-0.2, 0) is 6.54 Å². The fourth-order valence-electron chi connectivity index (χ4n) is 4.37. The number of aliphatic imine (C=N–C) groups is 1. The van der Waals surface area contributed by atoms with Crippen LogP contribution in [0.2, 0.25) is 0 Å². The lowest BCUT2D eigenvalue weighted by atomic mass is 10.0. The van der Waals surface area contributed by atoms with E-state index in [1.165, 1.54) is 5.69 Å². The molecule has 0 unspecified atom stereocenters. The van der Waals surface area contributed by atoms with Gasteiger partial charge in [0.2, 0.25) is 0 Å². The summed E-state index contributed by atoms with van der Waals surface area (Å²) in [7, 11) is 2.16. The van der Waals surface area contributed by atoms with Crippen molar-refractivity contribution in [2.24, 2.45) is 4.99 Å². The number of fused-ring (bicyclic) bond motifs is 1. The van der Waals surface area contributed by atoms with Gasteiger partial charge in [0.25, 0.3) is 5.91 Å². The number of hydrogen-bond acceptors (Lipinski definition) is 5. The van der Waals surface area contributed by atoms with E-state index in [9.17, 15) is 4.79 Å². The third-order valence-electron chi connectivity index (χ3n) is 6.47. The van der Waals surface area contributed by atoms with Gasteiger partial charge in [0.15, 0.2) is 0 Å². The number of piperazine rings is 1. The summed E-state index contributed by atoms with van der Waals surface area (Å²) in [5.74, 6) is -0.0316. The van der Waals surface area contributed by atoms with Crippen molar-refractivity contribution in [2.45, 2.75) is 13.5 Å². The maximum absolute atomic E-state index is 12.1. The van der Waals surface area contributed by atoms with Crippen LogP contribution in [0.4, 0.5) is 11.4 Å². The van der Waals surface area contributed by atoms with Gasteiger partial charge in [0, 0.05) is 55.2 Å². The predicted molar refractivity (Wildman–Crippen MR) is 133 cm³/mol. The molecule has 7 heteroatoms. The van der Waals surface area contributed by atoms with Crippen LogP contribution in [0.15, 0.2) is 54.0 Å². The second-order valence-electron chi connectivity index (χ2n) is 8.63. The molecule has 0 aliphatic carbocycles. The van der Waals surface area contributed by atoms with Crippen LogP contribution in [0.25, 0.3) is 17.3 Å². The Balaban J connectivity index is 1.45. The standard InChI is InChI=1S/C26H28N6O/c1-4-23-25(28-17(2)19-5-6-20-16-27-26(33)22(20)15-19)24(30-29-23)18-7-9-21(10-8-18)32-13-11-31(3)12-14-32/h4-10,15H,1,11-14,16H2,2-3H3,(H,27,33)(H,29,30)/b28-17+. The number of rotatable bonds is 5. The van der Waals surface area contributed by atoms with Gasteiger partial charge in [-0.2, -0.15) is 5.10 Å². The van der Waals surface area contributed by atoms with Crippen molar-refractivity contribution in [3.8, 4) is 11.3 Å². The highest BCUT2D eigenvalue weighted by Crippen LogP contribution is 2.34. The lowest BCUT2D eigenvalue weighted by molar-refractivity contribution is 0.0965. The summed E-state index contributed by atoms with van der Waals surface area (Å²) in [6, 6.07) is 14.4. The Morgan fingerprint density at radius 3 is 2.61 bits per heavy atom. The van der Waals surface area contributed by atoms with E-state index in [0.29, 0.717) is 6.54 Å². The first-order valence-electron chi connectivity index (χ1n) is 11.2. The Morgan fingerprint density at radius 2 is 1.88 bits per heavy atom. The molecule has 0 atom stereocenters. The van der Waals surface area contributed by atoms with E-state index in [1.807, 2.05) is 25.1 Å². The molecule has 1 amide bonds. The third kappa shape index (κ3) is 4.07. The zero-order valence-corrected chi connectivity index (χ0v) is 19.1. The molecule has 3 heterocycles. The minimum Gasteiger partial charge on any atom is -0.369 e. The SMILES string of the molecule is C=Cc1[nH]nc(-c2ccc(N3CCN(C)CC3)cc2)c1/N=C(\C)c1ccc2c(c1)C(=O)NC2. The van der Waals surface area contributed by atoms with E-state index in [2.05, 4.69) is 63.2 Å². The molecule has 1 fully saturated rings. The van der Waals surface area contributed by atoms with Crippen molar-refractivity contribution in [1.29, 1.82) is 0 Å². The quantitative estimate of drug-likeness (QED) is 0.591. The highest BCUT2D eigenvalue weighted by Gasteiger charge is 2.20. The molecule has 1 saturated heterocycles. The molecule has 2 N–H and O–H groups in total. The number of nitrogens with one attached hydrogen (secondary N) is 2. The Labute approximate surface area is 193 Å². The minimum atomic E-state index is -0.0316. The van der Waals surface area contributed by atoms with Crippen molar-refractivity contribution in [2.75, 3.05) is 38.1 Å². The number of amides is 1. The summed E-state index contributed by atoms with van der Waals surface area (Å²) in [6.07, 6.45) is 1.73. The number of hydrogen-bond donors (Lipinski definition) is 2. The average molecular weight is 441 g/mol. The van der Waals surface area contributed by atoms with Crippen LogP contribution in [0.5, 0.6) is 0 Å². The molecule has 0 radical (unpaired) electrons. The van der Waals surface area contributed by atoms with Crippen molar-refractivity contribution in [1.82, 2.24) is 20.4 Å². The van der Waals surface area contributed by atoms with Crippen molar-refractivity contribution >= 4 is 29.1 Å². The van der Waals surface area contributed by atoms with Gasteiger partial charge in [-0.05, 0) is 49.4 Å². The molecule has 168 valence electrons. The summed E-state index contributed by atoms with van der Waals surface area (Å²) < 4.78 is 0. The van der Waals surface area contributed by atoms with Crippen LogP contribution in [0.1, 0.15) is 34.1 Å². The van der Waals surface area contributed by atoms with Crippen LogP contribution in [0.3, 0.4) is 0 Å². The molecule has 0 spiro atoms. The number of nitrogens with zero attached hydrogens (tertiary/aromatic N) is 4. The smallest absolute Gasteiger partial charge is 0.251 e. The van der Waals surface area contributed by atoms with Gasteiger partial charge in [-0.15, -0.1) is 0 Å². The Kier molecular flexibility index (Phi) is 5.56. The normalized spacial score (nSPS) is 16.6. The largest absolute Gasteiger partial charge is 0.369 e. The first kappa shape index (κ1) is 21.2. The van der Waals surface area contributed by atoms with E-state index < -0.39 is 0 Å². The van der Waals surface area contributed by atoms with E-state index in [1.54, 1.807) is 6.08 Å². The first-order valence-corrected chi connectivity index (χ1v) is 11.2. The Bertz CT molecular complexity index is 1230. The zero-order chi connectivity index (χ0) is 22.9. The van der Waals surface area contributed by atoms with Crippen molar-refractivity contribution < 1.29 is 4.79 Å². The molecule has 33 heavy (non-hydrogen) atoms. The lowest BCUT2D eigenvalue weighted by Gasteiger charge is -2.34. The lowest BCUT2D eigenvalue weighted by Crippen LogP contribution is -2.44. The number of carbonyl (C=O) groups is 1. The molecule has 7 nitrogen and oxygen atoms in total. The highest BCUT2D eigenvalue weighted by atomic mass is 16.1. The molecule has 3 aromatic rings. The number of benzene rings is 2. The molecule has 2 aliphatic rings. The van der Waals surface area contributed by atoms with Gasteiger partial charge < -0.3 is 15.1 Å². The number of aromatic amines is 1. The molecule has 0 bridgehead atoms. The maximum Gasteiger partial charge on any atom is 0.251 e. The number of H-pyrrole nitrogens is 1. The van der Waals surface area contributed by atoms with E-state index >= 15 is 0 Å². The predicted octanol–water partition coefficient (Wildman–Crippen LogP) is 3.86. The van der Waals surface area contributed by atoms with Gasteiger partial charge in [-0.25, -0.2) is 4.99 Å². The van der Waals surface area contributed by atoms with Gasteiger partial charge in [0.05, 0.1) is 5.69 Å². The molecular weight excluding hydrogens is 412 g/mol. The highest BCUT2D eigenvalue weighted by molar-refractivity contribution is 6.05. The van der Waals surface area contributed by atoms with Crippen LogP contribution in [0, 0.1) is 0 Å². The molecule has 1 aromatic heterocycles. The Morgan fingerprint density at radius 1 is 1.12 bits per heavy atom. The third-order valence-corrected chi connectivity index (χ3v) is 6.47. The summed E-state index contributed by atoms with van der Waals surface area (Å²) in [5, 5.41) is 10.5. The fraction of sp³-hybridized carbons (Fsp3) is 0.269. The number of carbonyl (C=O) groups excluding carboxylic acids is 1. The van der Waals surface area contributed by atoms with Crippen molar-refractivity contribution in [3.63, 3.8) is 0 Å². The summed E-state index contributed by atoms with van der Waals surface area (Å²) >= 11 is 0. The second kappa shape index (κ2) is 8.67. The molecule has 2 aliphatic heterocycles. The molecule has 5 rings (SSSR count). The van der Waals surface area contributed by atoms with Gasteiger partial charge in [0.1, 0.15) is 11.4 Å². The molecule has 2 aromatic carbocycles. The van der Waals surface area contributed by atoms with Crippen LogP contribution < -0.4 is 10.2 Å². The molecular formula is C26H28N6O. The van der Waals surface area contributed by atoms with Gasteiger partial charge in [-0.3, -0.25) is 9.89 Å². The van der Waals surface area contributed by atoms with E-state index in [4.69, 9.17) is 4.99 Å². The minimum absolute atomic E-state index is 0.0316. The Hall–Kier alpha value is -3.71. The van der Waals surface area contributed by atoms with Gasteiger partial charge in [-0.1, -0.05) is 30.8 Å². The molecule has 0 saturated carbocycles. The summed E-state index contributed by atoms with van der Waals surface area (Å²) in [6.45, 7) is 10.7. The second-order valence-corrected chi connectivity index (χ2v) is 8.63. The van der Waals surface area contributed by atoms with Crippen LogP contribution in [-0.4, -0.2) is 59.9 Å². The van der Waals surface area contributed by atoms with Crippen molar-refractivity contribution in [3.05, 3.63) is 71.4 Å². The first-order chi connectivity index (χ1) is 16.0. The fourth-order valence-corrected chi connectivity index (χ4v) is 4.37. The number of likely N-dealkylation sites (N-methyl/N-ethyl adjacent to an activating group) is 1. The summed E-state index contributed by atoms with van der Waals surface area (Å²) in [4.78, 5) is 21.7. The van der Waals surface area contributed by atoms with Gasteiger partial charge >= 0.3 is 0 Å². The van der Waals surface area contributed by atoms with E-state index in [-0.39, 0.29) is 5.91 Å². The monoisotopic (exact) mass is 440 g/mol. The van der Waals surface area contributed by atoms with E-state index in [0.717, 1.165) is 71.2 Å². The number of anilines is 1. The topological polar surface area (TPSA) is 76.6 Å². The number of aromatic nitrogens is 2. The zero-order valence-electron chi connectivity index (χ0n) is 19.1. The average Bonchev–Trinajstić information content (AvgIpc) is 3.42. The summed E-state index contributed by atoms with van der Waals surface area (Å²) in [5.41, 5.74) is 8.00.